The highest BCUT2D eigenvalue weighted by molar-refractivity contribution is 7.22. The summed E-state index contributed by atoms with van der Waals surface area (Å²) < 4.78 is 7.40. The van der Waals surface area contributed by atoms with Gasteiger partial charge >= 0.3 is 0 Å². The minimum absolute atomic E-state index is 0.0600. The predicted octanol–water partition coefficient (Wildman–Crippen LogP) is 4.43. The molecular formula is C18H14ClN3O2S. The van der Waals surface area contributed by atoms with Crippen LogP contribution in [0.2, 0.25) is 5.02 Å². The van der Waals surface area contributed by atoms with E-state index in [4.69, 9.17) is 16.1 Å². The van der Waals surface area contributed by atoms with E-state index in [2.05, 4.69) is 10.1 Å². The second-order valence-electron chi connectivity index (χ2n) is 5.81. The second-order valence-corrected chi connectivity index (χ2v) is 7.30. The molecule has 0 unspecified atom stereocenters. The van der Waals surface area contributed by atoms with Gasteiger partial charge in [0.25, 0.3) is 5.56 Å². The highest BCUT2D eigenvalue weighted by Gasteiger charge is 2.14. The van der Waals surface area contributed by atoms with Crippen LogP contribution in [0.25, 0.3) is 20.7 Å². The average Bonchev–Trinajstić information content (AvgIpc) is 3.17. The molecule has 3 aromatic heterocycles. The van der Waals surface area contributed by atoms with E-state index in [1.807, 2.05) is 44.2 Å². The summed E-state index contributed by atoms with van der Waals surface area (Å²) in [6.45, 7) is 4.11. The molecule has 0 aliphatic carbocycles. The molecule has 25 heavy (non-hydrogen) atoms. The molecule has 0 bridgehead atoms. The van der Waals surface area contributed by atoms with Crippen molar-refractivity contribution in [3.8, 4) is 10.4 Å². The molecule has 4 rings (SSSR count). The van der Waals surface area contributed by atoms with Crippen molar-refractivity contribution in [2.75, 3.05) is 0 Å². The summed E-state index contributed by atoms with van der Waals surface area (Å²) in [4.78, 5) is 18.3. The van der Waals surface area contributed by atoms with Gasteiger partial charge in [-0.1, -0.05) is 28.9 Å². The lowest BCUT2D eigenvalue weighted by Gasteiger charge is -2.04. The monoisotopic (exact) mass is 371 g/mol. The number of thiophene rings is 1. The average molecular weight is 372 g/mol. The van der Waals surface area contributed by atoms with Crippen LogP contribution in [0.1, 0.15) is 17.0 Å². The molecule has 1 aromatic carbocycles. The van der Waals surface area contributed by atoms with Gasteiger partial charge in [0.15, 0.2) is 0 Å². The van der Waals surface area contributed by atoms with E-state index in [9.17, 15) is 4.79 Å². The summed E-state index contributed by atoms with van der Waals surface area (Å²) in [7, 11) is 0. The van der Waals surface area contributed by atoms with Crippen molar-refractivity contribution in [2.45, 2.75) is 20.4 Å². The number of halogens is 1. The number of aryl methyl sites for hydroxylation is 2. The standard InChI is InChI=1S/C18H14ClN3O2S/c1-10-14(11(2)24-21-10)8-22-9-20-15-7-16(25-17(15)18(22)23)12-3-5-13(19)6-4-12/h3-7,9H,8H2,1-2H3. The number of aromatic nitrogens is 3. The summed E-state index contributed by atoms with van der Waals surface area (Å²) in [5, 5.41) is 4.62. The van der Waals surface area contributed by atoms with Gasteiger partial charge in [-0.25, -0.2) is 4.98 Å². The zero-order valence-electron chi connectivity index (χ0n) is 13.6. The maximum atomic E-state index is 12.8. The zero-order valence-corrected chi connectivity index (χ0v) is 15.2. The third-order valence-corrected chi connectivity index (χ3v) is 5.56. The van der Waals surface area contributed by atoms with Gasteiger partial charge in [-0.3, -0.25) is 9.36 Å². The second kappa shape index (κ2) is 6.13. The number of hydrogen-bond donors (Lipinski definition) is 0. The summed E-state index contributed by atoms with van der Waals surface area (Å²) in [6.07, 6.45) is 1.58. The summed E-state index contributed by atoms with van der Waals surface area (Å²) in [5.74, 6) is 0.720. The van der Waals surface area contributed by atoms with Gasteiger partial charge in [0.1, 0.15) is 10.5 Å². The zero-order chi connectivity index (χ0) is 17.6. The number of hydrogen-bond acceptors (Lipinski definition) is 5. The molecule has 0 amide bonds. The highest BCUT2D eigenvalue weighted by atomic mass is 35.5. The van der Waals surface area contributed by atoms with Gasteiger partial charge in [0.2, 0.25) is 0 Å². The van der Waals surface area contributed by atoms with Crippen LogP contribution >= 0.6 is 22.9 Å². The van der Waals surface area contributed by atoms with Crippen LogP contribution < -0.4 is 5.56 Å². The molecule has 0 aliphatic heterocycles. The fourth-order valence-electron chi connectivity index (χ4n) is 2.71. The molecule has 0 aliphatic rings. The van der Waals surface area contributed by atoms with Crippen molar-refractivity contribution in [3.05, 3.63) is 69.1 Å². The molecular weight excluding hydrogens is 358 g/mol. The van der Waals surface area contributed by atoms with Crippen LogP contribution in [0.3, 0.4) is 0 Å². The van der Waals surface area contributed by atoms with E-state index in [0.29, 0.717) is 21.8 Å². The van der Waals surface area contributed by atoms with Crippen molar-refractivity contribution in [1.29, 1.82) is 0 Å². The van der Waals surface area contributed by atoms with Crippen molar-refractivity contribution in [1.82, 2.24) is 14.7 Å². The Bertz CT molecular complexity index is 1110. The van der Waals surface area contributed by atoms with Gasteiger partial charge in [-0.05, 0) is 37.6 Å². The predicted molar refractivity (Wildman–Crippen MR) is 99.4 cm³/mol. The number of rotatable bonds is 3. The molecule has 0 atom stereocenters. The van der Waals surface area contributed by atoms with Gasteiger partial charge in [0.05, 0.1) is 24.1 Å². The molecule has 3 heterocycles. The lowest BCUT2D eigenvalue weighted by molar-refractivity contribution is 0.392. The van der Waals surface area contributed by atoms with Gasteiger partial charge in [-0.15, -0.1) is 11.3 Å². The van der Waals surface area contributed by atoms with E-state index >= 15 is 0 Å². The van der Waals surface area contributed by atoms with E-state index in [-0.39, 0.29) is 5.56 Å². The van der Waals surface area contributed by atoms with Gasteiger partial charge in [-0.2, -0.15) is 0 Å². The first kappa shape index (κ1) is 16.1. The third-order valence-electron chi connectivity index (χ3n) is 4.14. The number of fused-ring (bicyclic) bond motifs is 1. The molecule has 0 N–H and O–H groups in total. The third kappa shape index (κ3) is 2.88. The van der Waals surface area contributed by atoms with Crippen LogP contribution in [0.4, 0.5) is 0 Å². The number of benzene rings is 1. The van der Waals surface area contributed by atoms with E-state index in [0.717, 1.165) is 27.5 Å². The van der Waals surface area contributed by atoms with Crippen LogP contribution in [-0.4, -0.2) is 14.7 Å². The maximum absolute atomic E-state index is 12.8. The molecule has 0 radical (unpaired) electrons. The summed E-state index contributed by atoms with van der Waals surface area (Å²) in [6, 6.07) is 9.49. The molecule has 4 aromatic rings. The van der Waals surface area contributed by atoms with Crippen molar-refractivity contribution in [2.24, 2.45) is 0 Å². The number of nitrogens with zero attached hydrogens (tertiary/aromatic N) is 3. The Balaban J connectivity index is 1.78. The van der Waals surface area contributed by atoms with E-state index in [1.165, 1.54) is 11.3 Å². The Morgan fingerprint density at radius 1 is 1.24 bits per heavy atom. The quantitative estimate of drug-likeness (QED) is 0.534. The smallest absolute Gasteiger partial charge is 0.271 e. The van der Waals surface area contributed by atoms with Crippen LogP contribution in [0, 0.1) is 13.8 Å². The summed E-state index contributed by atoms with van der Waals surface area (Å²) >= 11 is 7.38. The Kier molecular flexibility index (Phi) is 3.94. The largest absolute Gasteiger partial charge is 0.361 e. The minimum Gasteiger partial charge on any atom is -0.361 e. The maximum Gasteiger partial charge on any atom is 0.271 e. The molecule has 0 saturated heterocycles. The topological polar surface area (TPSA) is 60.9 Å². The first-order valence-electron chi connectivity index (χ1n) is 7.69. The minimum atomic E-state index is -0.0600. The molecule has 0 spiro atoms. The first-order chi connectivity index (χ1) is 12.0. The normalized spacial score (nSPS) is 11.3. The lowest BCUT2D eigenvalue weighted by Crippen LogP contribution is -2.20. The first-order valence-corrected chi connectivity index (χ1v) is 8.89. The van der Waals surface area contributed by atoms with Gasteiger partial charge < -0.3 is 4.52 Å². The Morgan fingerprint density at radius 2 is 2.00 bits per heavy atom. The summed E-state index contributed by atoms with van der Waals surface area (Å²) in [5.41, 5.74) is 3.37. The lowest BCUT2D eigenvalue weighted by atomic mass is 10.2. The Labute approximate surface area is 152 Å². The fourth-order valence-corrected chi connectivity index (χ4v) is 3.90. The molecule has 0 saturated carbocycles. The van der Waals surface area contributed by atoms with Crippen molar-refractivity contribution < 1.29 is 4.52 Å². The van der Waals surface area contributed by atoms with Crippen LogP contribution in [0.15, 0.2) is 46.0 Å². The van der Waals surface area contributed by atoms with Crippen molar-refractivity contribution >= 4 is 33.2 Å². The van der Waals surface area contributed by atoms with Crippen molar-refractivity contribution in [3.63, 3.8) is 0 Å². The Morgan fingerprint density at radius 3 is 2.68 bits per heavy atom. The molecule has 0 fully saturated rings. The fraction of sp³-hybridized carbons (Fsp3) is 0.167. The SMILES string of the molecule is Cc1noc(C)c1Cn1cnc2cc(-c3ccc(Cl)cc3)sc2c1=O. The van der Waals surface area contributed by atoms with Gasteiger partial charge in [0, 0.05) is 15.5 Å². The van der Waals surface area contributed by atoms with Crippen LogP contribution in [0.5, 0.6) is 0 Å². The Hall–Kier alpha value is -2.44. The van der Waals surface area contributed by atoms with Crippen LogP contribution in [-0.2, 0) is 6.54 Å². The highest BCUT2D eigenvalue weighted by Crippen LogP contribution is 2.31. The molecule has 5 nitrogen and oxygen atoms in total. The van der Waals surface area contributed by atoms with E-state index in [1.54, 1.807) is 10.9 Å². The molecule has 7 heteroatoms. The molecule has 126 valence electrons. The van der Waals surface area contributed by atoms with E-state index < -0.39 is 0 Å².